The van der Waals surface area contributed by atoms with Crippen LogP contribution in [0.4, 0.5) is 5.69 Å². The van der Waals surface area contributed by atoms with Crippen LogP contribution in [0, 0.1) is 13.8 Å². The summed E-state index contributed by atoms with van der Waals surface area (Å²) in [6, 6.07) is 6.75. The maximum absolute atomic E-state index is 13.1. The lowest BCUT2D eigenvalue weighted by Crippen LogP contribution is -2.45. The number of hydrogen-bond acceptors (Lipinski definition) is 4. The molecule has 0 spiro atoms. The van der Waals surface area contributed by atoms with Crippen LogP contribution >= 0.6 is 0 Å². The minimum absolute atomic E-state index is 0.0642. The summed E-state index contributed by atoms with van der Waals surface area (Å²) in [5.41, 5.74) is 6.54. The lowest BCUT2D eigenvalue weighted by atomic mass is 10.0. The zero-order valence-corrected chi connectivity index (χ0v) is 16.5. The number of fused-ring (bicyclic) bond motifs is 1. The Morgan fingerprint density at radius 1 is 1.26 bits per heavy atom. The lowest BCUT2D eigenvalue weighted by molar-refractivity contribution is 0.0706. The van der Waals surface area contributed by atoms with Crippen molar-refractivity contribution < 1.29 is 4.79 Å². The molecule has 1 amide bonds. The molecule has 0 bridgehead atoms. The molecule has 0 unspecified atom stereocenters. The van der Waals surface area contributed by atoms with Gasteiger partial charge in [0.15, 0.2) is 5.69 Å². The fourth-order valence-electron chi connectivity index (χ4n) is 4.10. The van der Waals surface area contributed by atoms with Gasteiger partial charge in [0.05, 0.1) is 0 Å². The molecule has 1 aromatic heterocycles. The van der Waals surface area contributed by atoms with Crippen molar-refractivity contribution in [1.82, 2.24) is 20.0 Å². The number of nitrogens with one attached hydrogen (secondary N) is 2. The zero-order chi connectivity index (χ0) is 19.0. The fraction of sp³-hybridized carbons (Fsp3) is 0.524. The summed E-state index contributed by atoms with van der Waals surface area (Å²) in [6.45, 7) is 7.60. The van der Waals surface area contributed by atoms with Crippen LogP contribution in [0.2, 0.25) is 0 Å². The van der Waals surface area contributed by atoms with E-state index in [1.165, 1.54) is 11.1 Å². The molecule has 2 aliphatic rings. The number of carbonyl (C=O) groups is 1. The first kappa shape index (κ1) is 18.0. The molecule has 1 fully saturated rings. The van der Waals surface area contributed by atoms with E-state index in [2.05, 4.69) is 59.5 Å². The Kier molecular flexibility index (Phi) is 4.91. The van der Waals surface area contributed by atoms with E-state index in [-0.39, 0.29) is 11.9 Å². The highest BCUT2D eigenvalue weighted by Crippen LogP contribution is 2.23. The van der Waals surface area contributed by atoms with Crippen LogP contribution in [0.25, 0.3) is 0 Å². The second-order valence-corrected chi connectivity index (χ2v) is 8.05. The fourth-order valence-corrected chi connectivity index (χ4v) is 4.10. The third-order valence-electron chi connectivity index (χ3n) is 5.91. The van der Waals surface area contributed by atoms with E-state index in [4.69, 9.17) is 0 Å². The maximum Gasteiger partial charge on any atom is 0.274 e. The number of aromatic nitrogens is 2. The highest BCUT2D eigenvalue weighted by molar-refractivity contribution is 5.94. The van der Waals surface area contributed by atoms with Gasteiger partial charge in [-0.2, -0.15) is 5.10 Å². The first-order valence-corrected chi connectivity index (χ1v) is 9.89. The van der Waals surface area contributed by atoms with Crippen molar-refractivity contribution in [2.75, 3.05) is 32.0 Å². The van der Waals surface area contributed by atoms with Crippen LogP contribution < -0.4 is 5.32 Å². The summed E-state index contributed by atoms with van der Waals surface area (Å²) in [5.74, 6) is 0.0642. The van der Waals surface area contributed by atoms with Crippen LogP contribution in [-0.4, -0.2) is 58.6 Å². The summed E-state index contributed by atoms with van der Waals surface area (Å²) in [7, 11) is 2.09. The molecule has 27 heavy (non-hydrogen) atoms. The lowest BCUT2D eigenvalue weighted by Gasteiger charge is -2.34. The number of aryl methyl sites for hydroxylation is 2. The van der Waals surface area contributed by atoms with Crippen molar-refractivity contribution in [2.45, 2.75) is 45.7 Å². The van der Waals surface area contributed by atoms with Crippen molar-refractivity contribution in [1.29, 1.82) is 0 Å². The number of piperidine rings is 1. The zero-order valence-electron chi connectivity index (χ0n) is 16.5. The van der Waals surface area contributed by atoms with Gasteiger partial charge < -0.3 is 15.1 Å². The van der Waals surface area contributed by atoms with E-state index in [1.54, 1.807) is 0 Å². The van der Waals surface area contributed by atoms with E-state index in [0.717, 1.165) is 62.4 Å². The van der Waals surface area contributed by atoms with Gasteiger partial charge in [-0.05, 0) is 57.0 Å². The predicted molar refractivity (Wildman–Crippen MR) is 107 cm³/mol. The van der Waals surface area contributed by atoms with Gasteiger partial charge in [0.25, 0.3) is 5.91 Å². The van der Waals surface area contributed by atoms with Gasteiger partial charge >= 0.3 is 0 Å². The molecule has 0 saturated carbocycles. The first-order valence-electron chi connectivity index (χ1n) is 9.89. The normalized spacial score (nSPS) is 20.4. The van der Waals surface area contributed by atoms with E-state index < -0.39 is 0 Å². The van der Waals surface area contributed by atoms with Crippen LogP contribution in [0.3, 0.4) is 0 Å². The predicted octanol–water partition coefficient (Wildman–Crippen LogP) is 2.73. The number of likely N-dealkylation sites (N-methyl/N-ethyl adjacent to an activating group) is 1. The monoisotopic (exact) mass is 367 g/mol. The van der Waals surface area contributed by atoms with Crippen molar-refractivity contribution in [3.05, 3.63) is 46.3 Å². The molecule has 1 aromatic carbocycles. The average Bonchev–Trinajstić information content (AvgIpc) is 3.07. The molecular weight excluding hydrogens is 338 g/mol. The number of nitrogens with zero attached hydrogens (tertiary/aromatic N) is 3. The molecule has 2 N–H and O–H groups in total. The number of rotatable bonds is 3. The highest BCUT2D eigenvalue weighted by atomic mass is 16.2. The van der Waals surface area contributed by atoms with Gasteiger partial charge in [-0.25, -0.2) is 0 Å². The van der Waals surface area contributed by atoms with Crippen molar-refractivity contribution in [2.24, 2.45) is 0 Å². The smallest absolute Gasteiger partial charge is 0.274 e. The number of benzene rings is 1. The average molecular weight is 367 g/mol. The standard InChI is InChI=1S/C21H29N5O/c1-14-6-7-16(11-15(14)2)22-17-5-4-9-26(12-17)21(27)20-18-13-25(3)10-8-19(18)23-24-20/h6-7,11,17,22H,4-5,8-10,12-13H2,1-3H3,(H,23,24)/t17-/m1/s1. The molecule has 6 nitrogen and oxygen atoms in total. The van der Waals surface area contributed by atoms with Gasteiger partial charge in [0.2, 0.25) is 0 Å². The Bertz CT molecular complexity index is 843. The number of anilines is 1. The Morgan fingerprint density at radius 3 is 2.93 bits per heavy atom. The van der Waals surface area contributed by atoms with Gasteiger partial charge in [-0.3, -0.25) is 9.89 Å². The first-order chi connectivity index (χ1) is 13.0. The molecule has 0 radical (unpaired) electrons. The van der Waals surface area contributed by atoms with Crippen molar-refractivity contribution in [3.63, 3.8) is 0 Å². The molecular formula is C21H29N5O. The Hall–Kier alpha value is -2.34. The number of carbonyl (C=O) groups excluding carboxylic acids is 1. The minimum Gasteiger partial charge on any atom is -0.381 e. The summed E-state index contributed by atoms with van der Waals surface area (Å²) < 4.78 is 0. The second-order valence-electron chi connectivity index (χ2n) is 8.05. The Balaban J connectivity index is 1.46. The molecule has 6 heteroatoms. The quantitative estimate of drug-likeness (QED) is 0.876. The topological polar surface area (TPSA) is 64.3 Å². The number of amides is 1. The van der Waals surface area contributed by atoms with Crippen LogP contribution in [0.1, 0.15) is 45.7 Å². The summed E-state index contributed by atoms with van der Waals surface area (Å²) in [5, 5.41) is 11.1. The molecule has 4 rings (SSSR count). The molecule has 2 aliphatic heterocycles. The molecule has 1 saturated heterocycles. The van der Waals surface area contributed by atoms with Gasteiger partial charge in [-0.15, -0.1) is 0 Å². The third kappa shape index (κ3) is 3.72. The molecule has 1 atom stereocenters. The number of likely N-dealkylation sites (tertiary alicyclic amines) is 1. The molecule has 3 heterocycles. The number of hydrogen-bond donors (Lipinski definition) is 2. The maximum atomic E-state index is 13.1. The summed E-state index contributed by atoms with van der Waals surface area (Å²) in [4.78, 5) is 17.3. The van der Waals surface area contributed by atoms with Crippen LogP contribution in [0.15, 0.2) is 18.2 Å². The highest BCUT2D eigenvalue weighted by Gasteiger charge is 2.30. The molecule has 144 valence electrons. The largest absolute Gasteiger partial charge is 0.381 e. The minimum atomic E-state index is 0.0642. The molecule has 0 aliphatic carbocycles. The summed E-state index contributed by atoms with van der Waals surface area (Å²) >= 11 is 0. The van der Waals surface area contributed by atoms with E-state index >= 15 is 0 Å². The van der Waals surface area contributed by atoms with Gasteiger partial charge in [0.1, 0.15) is 0 Å². The van der Waals surface area contributed by atoms with Crippen molar-refractivity contribution in [3.8, 4) is 0 Å². The number of aromatic amines is 1. The third-order valence-corrected chi connectivity index (χ3v) is 5.91. The number of H-pyrrole nitrogens is 1. The van der Waals surface area contributed by atoms with Gasteiger partial charge in [-0.1, -0.05) is 6.07 Å². The Morgan fingerprint density at radius 2 is 2.11 bits per heavy atom. The second kappa shape index (κ2) is 7.35. The SMILES string of the molecule is Cc1ccc(N[C@@H]2CCCN(C(=O)c3n[nH]c4c3CN(C)CC4)C2)cc1C. The van der Waals surface area contributed by atoms with E-state index in [0.29, 0.717) is 5.69 Å². The van der Waals surface area contributed by atoms with Gasteiger partial charge in [0, 0.05) is 55.6 Å². The van der Waals surface area contributed by atoms with Crippen molar-refractivity contribution >= 4 is 11.6 Å². The Labute approximate surface area is 160 Å². The molecule has 2 aromatic rings. The van der Waals surface area contributed by atoms with E-state index in [9.17, 15) is 4.79 Å². The van der Waals surface area contributed by atoms with E-state index in [1.807, 2.05) is 4.90 Å². The summed E-state index contributed by atoms with van der Waals surface area (Å²) in [6.07, 6.45) is 3.03. The van der Waals surface area contributed by atoms with Crippen LogP contribution in [0.5, 0.6) is 0 Å². The van der Waals surface area contributed by atoms with Crippen LogP contribution in [-0.2, 0) is 13.0 Å².